The maximum atomic E-state index is 13.7. The number of halogens is 2. The van der Waals surface area contributed by atoms with E-state index in [1.165, 1.54) is 12.1 Å². The van der Waals surface area contributed by atoms with Crippen molar-refractivity contribution < 1.29 is 12.8 Å². The lowest BCUT2D eigenvalue weighted by Gasteiger charge is -2.43. The largest absolute Gasteiger partial charge is 0.261 e. The van der Waals surface area contributed by atoms with Gasteiger partial charge in [-0.1, -0.05) is 18.6 Å². The molecule has 0 radical (unpaired) electrons. The molecule has 0 bridgehead atoms. The summed E-state index contributed by atoms with van der Waals surface area (Å²) < 4.78 is 35.9. The van der Waals surface area contributed by atoms with Gasteiger partial charge in [0, 0.05) is 16.1 Å². The van der Waals surface area contributed by atoms with E-state index < -0.39 is 20.6 Å². The highest BCUT2D eigenvalue weighted by Gasteiger charge is 2.43. The fraction of sp³-hybridized carbons (Fsp3) is 0.500. The van der Waals surface area contributed by atoms with Gasteiger partial charge in [0.25, 0.3) is 9.05 Å². The summed E-state index contributed by atoms with van der Waals surface area (Å²) in [7, 11) is 1.54. The Balaban J connectivity index is 2.36. The van der Waals surface area contributed by atoms with Crippen molar-refractivity contribution in [2.75, 3.05) is 0 Å². The quantitative estimate of drug-likeness (QED) is 0.793. The number of hydrogen-bond acceptors (Lipinski definition) is 2. The summed E-state index contributed by atoms with van der Waals surface area (Å²) in [4.78, 5) is 0.0592. The second-order valence-electron chi connectivity index (χ2n) is 4.59. The average molecular weight is 277 g/mol. The van der Waals surface area contributed by atoms with Crippen LogP contribution in [0.5, 0.6) is 0 Å². The molecule has 2 nitrogen and oxygen atoms in total. The normalized spacial score (nSPS) is 20.6. The monoisotopic (exact) mass is 276 g/mol. The Morgan fingerprint density at radius 3 is 2.12 bits per heavy atom. The van der Waals surface area contributed by atoms with Crippen LogP contribution < -0.4 is 0 Å². The van der Waals surface area contributed by atoms with Crippen LogP contribution in [-0.4, -0.2) is 14.6 Å². The van der Waals surface area contributed by atoms with Gasteiger partial charge in [-0.3, -0.25) is 0 Å². The second kappa shape index (κ2) is 4.25. The number of benzene rings is 1. The molecule has 1 unspecified atom stereocenters. The van der Waals surface area contributed by atoms with Crippen molar-refractivity contribution in [3.05, 3.63) is 29.8 Å². The lowest BCUT2D eigenvalue weighted by Crippen LogP contribution is -2.41. The summed E-state index contributed by atoms with van der Waals surface area (Å²) in [6.45, 7) is 1.56. The van der Waals surface area contributed by atoms with Gasteiger partial charge in [0.1, 0.15) is 6.17 Å². The molecule has 0 spiro atoms. The Bertz CT molecular complexity index is 504. The fourth-order valence-electron chi connectivity index (χ4n) is 2.42. The molecule has 1 fully saturated rings. The molecule has 94 valence electrons. The number of rotatable bonds is 3. The van der Waals surface area contributed by atoms with Crippen LogP contribution in [0.4, 0.5) is 4.39 Å². The molecule has 17 heavy (non-hydrogen) atoms. The molecule has 0 aromatic heterocycles. The van der Waals surface area contributed by atoms with Gasteiger partial charge in [0.15, 0.2) is 0 Å². The number of alkyl halides is 1. The molecular weight excluding hydrogens is 263 g/mol. The maximum absolute atomic E-state index is 13.7. The number of hydrogen-bond donors (Lipinski definition) is 0. The summed E-state index contributed by atoms with van der Waals surface area (Å²) in [5.41, 5.74) is 0.442. The van der Waals surface area contributed by atoms with E-state index in [2.05, 4.69) is 0 Å². The van der Waals surface area contributed by atoms with E-state index in [9.17, 15) is 12.8 Å². The van der Waals surface area contributed by atoms with Gasteiger partial charge in [-0.15, -0.1) is 0 Å². The topological polar surface area (TPSA) is 34.1 Å². The Labute approximate surface area is 105 Å². The van der Waals surface area contributed by atoms with Gasteiger partial charge >= 0.3 is 0 Å². The first-order chi connectivity index (χ1) is 7.86. The lowest BCUT2D eigenvalue weighted by molar-refractivity contribution is 0.114. The first kappa shape index (κ1) is 12.8. The first-order valence-electron chi connectivity index (χ1n) is 5.55. The molecular formula is C12H14ClFO2S. The van der Waals surface area contributed by atoms with E-state index in [-0.39, 0.29) is 4.90 Å². The van der Waals surface area contributed by atoms with Crippen LogP contribution in [0.15, 0.2) is 29.2 Å². The van der Waals surface area contributed by atoms with Crippen LogP contribution in [0, 0.1) is 0 Å². The van der Waals surface area contributed by atoms with E-state index >= 15 is 0 Å². The van der Waals surface area contributed by atoms with Gasteiger partial charge in [-0.25, -0.2) is 12.8 Å². The van der Waals surface area contributed by atoms with Crippen LogP contribution in [0.2, 0.25) is 0 Å². The van der Waals surface area contributed by atoms with Crippen LogP contribution in [0.1, 0.15) is 31.7 Å². The summed E-state index contributed by atoms with van der Waals surface area (Å²) in [5.74, 6) is 0. The summed E-state index contributed by atoms with van der Waals surface area (Å²) in [5, 5.41) is 0. The van der Waals surface area contributed by atoms with Gasteiger partial charge in [-0.2, -0.15) is 0 Å². The molecule has 0 heterocycles. The molecule has 0 N–H and O–H groups in total. The summed E-state index contributed by atoms with van der Waals surface area (Å²) >= 11 is 0. The molecule has 1 aromatic rings. The molecule has 0 aliphatic heterocycles. The Morgan fingerprint density at radius 2 is 1.82 bits per heavy atom. The van der Waals surface area contributed by atoms with Crippen molar-refractivity contribution in [3.8, 4) is 0 Å². The standard InChI is InChI=1S/C12H14ClFO2S/c1-9(14)12(7-2-8-12)10-3-5-11(6-4-10)17(13,15)16/h3-6,9H,2,7-8H2,1H3. The van der Waals surface area contributed by atoms with E-state index in [4.69, 9.17) is 10.7 Å². The molecule has 5 heteroatoms. The molecule has 1 saturated carbocycles. The van der Waals surface area contributed by atoms with Crippen LogP contribution in [-0.2, 0) is 14.5 Å². The van der Waals surface area contributed by atoms with Crippen LogP contribution >= 0.6 is 10.7 Å². The smallest absolute Gasteiger partial charge is 0.247 e. The molecule has 1 aromatic carbocycles. The zero-order chi connectivity index (χ0) is 12.7. The van der Waals surface area contributed by atoms with E-state index in [1.54, 1.807) is 19.1 Å². The first-order valence-corrected chi connectivity index (χ1v) is 7.86. The van der Waals surface area contributed by atoms with E-state index in [1.807, 2.05) is 0 Å². The highest BCUT2D eigenvalue weighted by Crippen LogP contribution is 2.47. The summed E-state index contributed by atoms with van der Waals surface area (Å²) in [6.07, 6.45) is 1.73. The van der Waals surface area contributed by atoms with Crippen LogP contribution in [0.3, 0.4) is 0 Å². The third-order valence-electron chi connectivity index (χ3n) is 3.72. The van der Waals surface area contributed by atoms with Crippen LogP contribution in [0.25, 0.3) is 0 Å². The molecule has 1 atom stereocenters. The Hall–Kier alpha value is -0.610. The fourth-order valence-corrected chi connectivity index (χ4v) is 3.19. The Kier molecular flexibility index (Phi) is 3.21. The molecule has 2 rings (SSSR count). The van der Waals surface area contributed by atoms with Crippen molar-refractivity contribution in [3.63, 3.8) is 0 Å². The third kappa shape index (κ3) is 2.20. The van der Waals surface area contributed by atoms with Crippen molar-refractivity contribution in [2.24, 2.45) is 0 Å². The average Bonchev–Trinajstić information content (AvgIpc) is 2.14. The van der Waals surface area contributed by atoms with Gasteiger partial charge in [0.2, 0.25) is 0 Å². The minimum Gasteiger partial charge on any atom is -0.247 e. The summed E-state index contributed by atoms with van der Waals surface area (Å²) in [6, 6.07) is 6.23. The molecule has 0 amide bonds. The maximum Gasteiger partial charge on any atom is 0.261 e. The van der Waals surface area contributed by atoms with Gasteiger partial charge in [0.05, 0.1) is 4.90 Å². The van der Waals surface area contributed by atoms with Crippen molar-refractivity contribution in [1.82, 2.24) is 0 Å². The lowest BCUT2D eigenvalue weighted by atomic mass is 9.62. The van der Waals surface area contributed by atoms with Crippen molar-refractivity contribution in [1.29, 1.82) is 0 Å². The van der Waals surface area contributed by atoms with Gasteiger partial charge < -0.3 is 0 Å². The third-order valence-corrected chi connectivity index (χ3v) is 5.09. The Morgan fingerprint density at radius 1 is 1.29 bits per heavy atom. The zero-order valence-electron chi connectivity index (χ0n) is 9.49. The minimum absolute atomic E-state index is 0.0592. The van der Waals surface area contributed by atoms with Crippen molar-refractivity contribution in [2.45, 2.75) is 42.7 Å². The van der Waals surface area contributed by atoms with Crippen molar-refractivity contribution >= 4 is 19.7 Å². The second-order valence-corrected chi connectivity index (χ2v) is 7.15. The predicted molar refractivity (Wildman–Crippen MR) is 65.6 cm³/mol. The van der Waals surface area contributed by atoms with E-state index in [0.717, 1.165) is 24.8 Å². The molecule has 0 saturated heterocycles. The minimum atomic E-state index is -3.70. The highest BCUT2D eigenvalue weighted by atomic mass is 35.7. The zero-order valence-corrected chi connectivity index (χ0v) is 11.1. The SMILES string of the molecule is CC(F)C1(c2ccc(S(=O)(=O)Cl)cc2)CCC1. The van der Waals surface area contributed by atoms with E-state index in [0.29, 0.717) is 0 Å². The highest BCUT2D eigenvalue weighted by molar-refractivity contribution is 8.13. The molecule has 1 aliphatic rings. The molecule has 1 aliphatic carbocycles. The van der Waals surface area contributed by atoms with Gasteiger partial charge in [-0.05, 0) is 37.5 Å². The predicted octanol–water partition coefficient (Wildman–Crippen LogP) is 3.39.